The molecule has 2 aromatic rings. The molecule has 3 N–H and O–H groups in total. The van der Waals surface area contributed by atoms with Gasteiger partial charge in [-0.15, -0.1) is 0 Å². The van der Waals surface area contributed by atoms with E-state index in [-0.39, 0.29) is 17.4 Å². The standard InChI is InChI=1S/C12H13FN4O/c1-2-17(9-5-3-8(13)4-6-9)12(18)11-10(14)7-15-16-11/h3-7H,2,14H2,1H3,(H,15,16). The van der Waals surface area contributed by atoms with Crippen LogP contribution in [0.25, 0.3) is 0 Å². The first kappa shape index (κ1) is 12.1. The molecule has 0 bridgehead atoms. The van der Waals surface area contributed by atoms with E-state index in [4.69, 9.17) is 5.73 Å². The highest BCUT2D eigenvalue weighted by Gasteiger charge is 2.19. The maximum atomic E-state index is 12.9. The van der Waals surface area contributed by atoms with Gasteiger partial charge in [-0.05, 0) is 31.2 Å². The third-order valence-electron chi connectivity index (χ3n) is 2.58. The van der Waals surface area contributed by atoms with E-state index in [2.05, 4.69) is 10.2 Å². The third-order valence-corrected chi connectivity index (χ3v) is 2.58. The smallest absolute Gasteiger partial charge is 0.278 e. The van der Waals surface area contributed by atoms with Crippen LogP contribution in [0.5, 0.6) is 0 Å². The first-order valence-corrected chi connectivity index (χ1v) is 5.49. The minimum atomic E-state index is -0.344. The number of H-pyrrole nitrogens is 1. The molecule has 0 spiro atoms. The zero-order valence-corrected chi connectivity index (χ0v) is 9.85. The minimum absolute atomic E-state index is 0.237. The number of nitrogens with one attached hydrogen (secondary N) is 1. The number of carbonyl (C=O) groups is 1. The van der Waals surface area contributed by atoms with Crippen LogP contribution in [0.3, 0.4) is 0 Å². The predicted molar refractivity (Wildman–Crippen MR) is 66.8 cm³/mol. The van der Waals surface area contributed by atoms with E-state index in [9.17, 15) is 9.18 Å². The fourth-order valence-electron chi connectivity index (χ4n) is 1.67. The summed E-state index contributed by atoms with van der Waals surface area (Å²) in [5.41, 5.74) is 6.77. The second kappa shape index (κ2) is 4.87. The van der Waals surface area contributed by atoms with E-state index in [1.54, 1.807) is 12.1 Å². The lowest BCUT2D eigenvalue weighted by Crippen LogP contribution is -2.31. The average molecular weight is 248 g/mol. The van der Waals surface area contributed by atoms with E-state index in [0.717, 1.165) is 0 Å². The number of hydrogen-bond acceptors (Lipinski definition) is 3. The van der Waals surface area contributed by atoms with Crippen molar-refractivity contribution in [1.29, 1.82) is 0 Å². The fraction of sp³-hybridized carbons (Fsp3) is 0.167. The molecule has 94 valence electrons. The molecule has 0 aliphatic rings. The Bertz CT molecular complexity index is 549. The summed E-state index contributed by atoms with van der Waals surface area (Å²) in [7, 11) is 0. The zero-order chi connectivity index (χ0) is 13.1. The van der Waals surface area contributed by atoms with Crippen LogP contribution in [0.4, 0.5) is 15.8 Å². The van der Waals surface area contributed by atoms with E-state index >= 15 is 0 Å². The van der Waals surface area contributed by atoms with Gasteiger partial charge in [0.25, 0.3) is 5.91 Å². The van der Waals surface area contributed by atoms with Crippen LogP contribution >= 0.6 is 0 Å². The van der Waals surface area contributed by atoms with Crippen LogP contribution in [0, 0.1) is 5.82 Å². The van der Waals surface area contributed by atoms with Crippen molar-refractivity contribution in [3.05, 3.63) is 42.0 Å². The number of hydrogen-bond donors (Lipinski definition) is 2. The summed E-state index contributed by atoms with van der Waals surface area (Å²) in [6.07, 6.45) is 1.38. The van der Waals surface area contributed by atoms with Gasteiger partial charge in [0.15, 0.2) is 0 Å². The number of nitrogens with two attached hydrogens (primary N) is 1. The maximum absolute atomic E-state index is 12.9. The molecule has 0 aliphatic carbocycles. The van der Waals surface area contributed by atoms with Gasteiger partial charge in [-0.3, -0.25) is 9.89 Å². The number of halogens is 1. The highest BCUT2D eigenvalue weighted by Crippen LogP contribution is 2.18. The molecule has 6 heteroatoms. The molecule has 0 unspecified atom stereocenters. The van der Waals surface area contributed by atoms with Crippen LogP contribution in [-0.2, 0) is 0 Å². The average Bonchev–Trinajstić information content (AvgIpc) is 2.78. The largest absolute Gasteiger partial charge is 0.396 e. The SMILES string of the molecule is CCN(C(=O)c1[nH]ncc1N)c1ccc(F)cc1. The lowest BCUT2D eigenvalue weighted by Gasteiger charge is -2.20. The molecule has 2 rings (SSSR count). The van der Waals surface area contributed by atoms with Crippen LogP contribution in [-0.4, -0.2) is 22.6 Å². The Morgan fingerprint density at radius 2 is 2.11 bits per heavy atom. The molecule has 0 fully saturated rings. The van der Waals surface area contributed by atoms with Crippen LogP contribution < -0.4 is 10.6 Å². The Kier molecular flexibility index (Phi) is 3.27. The van der Waals surface area contributed by atoms with E-state index < -0.39 is 0 Å². The molecule has 1 heterocycles. The topological polar surface area (TPSA) is 75.0 Å². The number of nitrogens with zero attached hydrogens (tertiary/aromatic N) is 2. The molecule has 0 saturated heterocycles. The van der Waals surface area contributed by atoms with E-state index in [0.29, 0.717) is 17.9 Å². The summed E-state index contributed by atoms with van der Waals surface area (Å²) < 4.78 is 12.9. The van der Waals surface area contributed by atoms with Crippen molar-refractivity contribution >= 4 is 17.3 Å². The number of rotatable bonds is 3. The Hall–Kier alpha value is -2.37. The maximum Gasteiger partial charge on any atom is 0.278 e. The van der Waals surface area contributed by atoms with Gasteiger partial charge >= 0.3 is 0 Å². The highest BCUT2D eigenvalue weighted by molar-refractivity contribution is 6.07. The quantitative estimate of drug-likeness (QED) is 0.869. The molecule has 0 aliphatic heterocycles. The zero-order valence-electron chi connectivity index (χ0n) is 9.85. The van der Waals surface area contributed by atoms with Gasteiger partial charge in [-0.25, -0.2) is 4.39 Å². The summed E-state index contributed by atoms with van der Waals surface area (Å²) in [6, 6.07) is 5.70. The molecule has 0 radical (unpaired) electrons. The summed E-state index contributed by atoms with van der Waals surface area (Å²) in [6.45, 7) is 2.27. The van der Waals surface area contributed by atoms with Crippen molar-refractivity contribution in [2.24, 2.45) is 0 Å². The van der Waals surface area contributed by atoms with Crippen molar-refractivity contribution in [1.82, 2.24) is 10.2 Å². The van der Waals surface area contributed by atoms with Crippen molar-refractivity contribution in [2.75, 3.05) is 17.2 Å². The van der Waals surface area contributed by atoms with Gasteiger partial charge in [0.1, 0.15) is 11.5 Å². The lowest BCUT2D eigenvalue weighted by molar-refractivity contribution is 0.0984. The lowest BCUT2D eigenvalue weighted by atomic mass is 10.2. The number of aromatic amines is 1. The summed E-state index contributed by atoms with van der Waals surface area (Å²) >= 11 is 0. The van der Waals surface area contributed by atoms with Crippen molar-refractivity contribution in [3.63, 3.8) is 0 Å². The molecule has 0 atom stereocenters. The second-order valence-electron chi connectivity index (χ2n) is 3.73. The van der Waals surface area contributed by atoms with Crippen LogP contribution in [0.2, 0.25) is 0 Å². The summed E-state index contributed by atoms with van der Waals surface area (Å²) in [5.74, 6) is -0.637. The molecule has 1 aromatic heterocycles. The molecule has 5 nitrogen and oxygen atoms in total. The van der Waals surface area contributed by atoms with Gasteiger partial charge < -0.3 is 10.6 Å². The Morgan fingerprint density at radius 1 is 1.44 bits per heavy atom. The first-order chi connectivity index (χ1) is 8.63. The first-order valence-electron chi connectivity index (χ1n) is 5.49. The summed E-state index contributed by atoms with van der Waals surface area (Å²) in [4.78, 5) is 13.7. The molecule has 18 heavy (non-hydrogen) atoms. The Balaban J connectivity index is 2.32. The molecular weight excluding hydrogens is 235 g/mol. The molecular formula is C12H13FN4O. The molecule has 1 amide bonds. The second-order valence-corrected chi connectivity index (χ2v) is 3.73. The van der Waals surface area contributed by atoms with Gasteiger partial charge in [0.2, 0.25) is 0 Å². The van der Waals surface area contributed by atoms with Gasteiger partial charge in [0.05, 0.1) is 11.9 Å². The highest BCUT2D eigenvalue weighted by atomic mass is 19.1. The monoisotopic (exact) mass is 248 g/mol. The van der Waals surface area contributed by atoms with E-state index in [1.165, 1.54) is 23.2 Å². The normalized spacial score (nSPS) is 10.3. The van der Waals surface area contributed by atoms with Crippen molar-refractivity contribution < 1.29 is 9.18 Å². The number of benzene rings is 1. The molecule has 1 aromatic carbocycles. The van der Waals surface area contributed by atoms with Crippen molar-refractivity contribution in [2.45, 2.75) is 6.92 Å². The minimum Gasteiger partial charge on any atom is -0.396 e. The number of aromatic nitrogens is 2. The number of anilines is 2. The molecule has 0 saturated carbocycles. The fourth-order valence-corrected chi connectivity index (χ4v) is 1.67. The Morgan fingerprint density at radius 3 is 2.61 bits per heavy atom. The van der Waals surface area contributed by atoms with Crippen LogP contribution in [0.1, 0.15) is 17.4 Å². The summed E-state index contributed by atoms with van der Waals surface area (Å²) in [5, 5.41) is 6.27. The van der Waals surface area contributed by atoms with Gasteiger partial charge in [0, 0.05) is 12.2 Å². The third kappa shape index (κ3) is 2.17. The van der Waals surface area contributed by atoms with Crippen LogP contribution in [0.15, 0.2) is 30.5 Å². The Labute approximate surface area is 103 Å². The number of nitrogen functional groups attached to an aromatic ring is 1. The number of amides is 1. The van der Waals surface area contributed by atoms with Gasteiger partial charge in [-0.2, -0.15) is 5.10 Å². The van der Waals surface area contributed by atoms with Gasteiger partial charge in [-0.1, -0.05) is 0 Å². The number of carbonyl (C=O) groups excluding carboxylic acids is 1. The predicted octanol–water partition coefficient (Wildman–Crippen LogP) is 1.80. The van der Waals surface area contributed by atoms with Crippen molar-refractivity contribution in [3.8, 4) is 0 Å². The van der Waals surface area contributed by atoms with E-state index in [1.807, 2.05) is 6.92 Å².